The molecule has 0 radical (unpaired) electrons. The smallest absolute Gasteiger partial charge is 0.240 e. The monoisotopic (exact) mass is 438 g/mol. The topological polar surface area (TPSA) is 58.6 Å². The number of halogens is 1. The number of hydrogen-bond donors (Lipinski definition) is 1. The quantitative estimate of drug-likeness (QED) is 0.717. The van der Waals surface area contributed by atoms with Crippen molar-refractivity contribution in [1.82, 2.24) is 9.62 Å². The summed E-state index contributed by atoms with van der Waals surface area (Å²) in [6.45, 7) is 3.36. The van der Waals surface area contributed by atoms with Gasteiger partial charge in [0.15, 0.2) is 0 Å². The van der Waals surface area contributed by atoms with Crippen molar-refractivity contribution in [3.05, 3.63) is 58.1 Å². The third-order valence-corrected chi connectivity index (χ3v) is 6.62. The standard InChI is InChI=1S/C19H23BrN2O3S/c1-25-19-9-8-17(12-18(19)20)26(23,24)21-13-15-6-2-3-7-16(15)14-22-10-4-5-11-22/h2-3,6-9,12,21H,4-5,10-11,13-14H2,1H3. The third-order valence-electron chi connectivity index (χ3n) is 4.60. The van der Waals surface area contributed by atoms with Crippen molar-refractivity contribution in [2.45, 2.75) is 30.8 Å². The summed E-state index contributed by atoms with van der Waals surface area (Å²) in [4.78, 5) is 2.62. The molecule has 26 heavy (non-hydrogen) atoms. The molecule has 1 heterocycles. The van der Waals surface area contributed by atoms with Crippen molar-refractivity contribution in [1.29, 1.82) is 0 Å². The van der Waals surface area contributed by atoms with Crippen LogP contribution in [0.5, 0.6) is 5.75 Å². The Labute approximate surface area is 163 Å². The molecule has 1 saturated heterocycles. The van der Waals surface area contributed by atoms with Crippen LogP contribution >= 0.6 is 15.9 Å². The van der Waals surface area contributed by atoms with Gasteiger partial charge in [-0.25, -0.2) is 13.1 Å². The van der Waals surface area contributed by atoms with E-state index in [1.165, 1.54) is 18.4 Å². The highest BCUT2D eigenvalue weighted by atomic mass is 79.9. The van der Waals surface area contributed by atoms with Gasteiger partial charge in [0.2, 0.25) is 10.0 Å². The van der Waals surface area contributed by atoms with Crippen molar-refractivity contribution in [2.24, 2.45) is 0 Å². The Kier molecular flexibility index (Phi) is 6.34. The van der Waals surface area contributed by atoms with Gasteiger partial charge in [-0.05, 0) is 71.2 Å². The summed E-state index contributed by atoms with van der Waals surface area (Å²) < 4.78 is 33.7. The van der Waals surface area contributed by atoms with E-state index in [1.807, 2.05) is 18.2 Å². The first-order valence-corrected chi connectivity index (χ1v) is 10.9. The van der Waals surface area contributed by atoms with Crippen molar-refractivity contribution in [3.63, 3.8) is 0 Å². The van der Waals surface area contributed by atoms with E-state index in [0.717, 1.165) is 25.2 Å². The van der Waals surface area contributed by atoms with Gasteiger partial charge in [-0.15, -0.1) is 0 Å². The maximum Gasteiger partial charge on any atom is 0.240 e. The zero-order chi connectivity index (χ0) is 18.6. The Morgan fingerprint density at radius 2 is 1.81 bits per heavy atom. The minimum atomic E-state index is -3.60. The molecule has 3 rings (SSSR count). The van der Waals surface area contributed by atoms with E-state index in [-0.39, 0.29) is 11.4 Å². The molecule has 2 aromatic carbocycles. The fraction of sp³-hybridized carbons (Fsp3) is 0.368. The number of nitrogens with one attached hydrogen (secondary N) is 1. The number of rotatable bonds is 7. The summed E-state index contributed by atoms with van der Waals surface area (Å²) in [5.74, 6) is 0.597. The minimum Gasteiger partial charge on any atom is -0.496 e. The number of methoxy groups -OCH3 is 1. The van der Waals surface area contributed by atoms with E-state index in [2.05, 4.69) is 31.6 Å². The van der Waals surface area contributed by atoms with Crippen LogP contribution in [-0.4, -0.2) is 33.5 Å². The van der Waals surface area contributed by atoms with Crippen molar-refractivity contribution in [3.8, 4) is 5.75 Å². The fourth-order valence-electron chi connectivity index (χ4n) is 3.14. The summed E-state index contributed by atoms with van der Waals surface area (Å²) in [7, 11) is -2.05. The Morgan fingerprint density at radius 3 is 2.46 bits per heavy atom. The molecule has 0 saturated carbocycles. The van der Waals surface area contributed by atoms with Crippen molar-refractivity contribution in [2.75, 3.05) is 20.2 Å². The predicted octanol–water partition coefficient (Wildman–Crippen LogP) is 3.53. The van der Waals surface area contributed by atoms with Gasteiger partial charge in [-0.2, -0.15) is 0 Å². The molecular formula is C19H23BrN2O3S. The molecule has 1 aliphatic heterocycles. The summed E-state index contributed by atoms with van der Waals surface area (Å²) in [5.41, 5.74) is 2.18. The largest absolute Gasteiger partial charge is 0.496 e. The second-order valence-electron chi connectivity index (χ2n) is 6.37. The van der Waals surface area contributed by atoms with Crippen LogP contribution in [0.1, 0.15) is 24.0 Å². The molecular weight excluding hydrogens is 416 g/mol. The molecule has 0 spiro atoms. The van der Waals surface area contributed by atoms with Crippen molar-refractivity contribution >= 4 is 26.0 Å². The molecule has 0 aliphatic carbocycles. The average molecular weight is 439 g/mol. The van der Waals surface area contributed by atoms with Crippen LogP contribution in [0.4, 0.5) is 0 Å². The maximum absolute atomic E-state index is 12.6. The van der Waals surface area contributed by atoms with Gasteiger partial charge >= 0.3 is 0 Å². The van der Waals surface area contributed by atoms with E-state index in [9.17, 15) is 8.42 Å². The number of ether oxygens (including phenoxy) is 1. The highest BCUT2D eigenvalue weighted by molar-refractivity contribution is 9.10. The molecule has 1 aliphatic rings. The molecule has 140 valence electrons. The lowest BCUT2D eigenvalue weighted by Gasteiger charge is -2.18. The number of likely N-dealkylation sites (tertiary alicyclic amines) is 1. The van der Waals surface area contributed by atoms with Crippen molar-refractivity contribution < 1.29 is 13.2 Å². The van der Waals surface area contributed by atoms with Crippen LogP contribution in [0.3, 0.4) is 0 Å². The summed E-state index contributed by atoms with van der Waals surface area (Å²) in [5, 5.41) is 0. The van der Waals surface area contributed by atoms with Gasteiger partial charge in [0.25, 0.3) is 0 Å². The van der Waals surface area contributed by atoms with E-state index < -0.39 is 10.0 Å². The highest BCUT2D eigenvalue weighted by Gasteiger charge is 2.18. The first kappa shape index (κ1) is 19.4. The van der Waals surface area contributed by atoms with E-state index in [1.54, 1.807) is 25.3 Å². The summed E-state index contributed by atoms with van der Waals surface area (Å²) in [6, 6.07) is 12.7. The first-order chi connectivity index (χ1) is 12.5. The van der Waals surface area contributed by atoms with Gasteiger partial charge in [0.1, 0.15) is 5.75 Å². The maximum atomic E-state index is 12.6. The Balaban J connectivity index is 1.72. The third kappa shape index (κ3) is 4.65. The molecule has 0 unspecified atom stereocenters. The predicted molar refractivity (Wildman–Crippen MR) is 106 cm³/mol. The van der Waals surface area contributed by atoms with Crippen LogP contribution in [-0.2, 0) is 23.1 Å². The number of benzene rings is 2. The van der Waals surface area contributed by atoms with Crippen LogP contribution in [0.15, 0.2) is 51.8 Å². The van der Waals surface area contributed by atoms with Crippen LogP contribution in [0.2, 0.25) is 0 Å². The molecule has 0 amide bonds. The van der Waals surface area contributed by atoms with Gasteiger partial charge in [0, 0.05) is 13.1 Å². The van der Waals surface area contributed by atoms with E-state index in [4.69, 9.17) is 4.74 Å². The lowest BCUT2D eigenvalue weighted by Crippen LogP contribution is -2.25. The van der Waals surface area contributed by atoms with Gasteiger partial charge in [0.05, 0.1) is 16.5 Å². The molecule has 7 heteroatoms. The lowest BCUT2D eigenvalue weighted by atomic mass is 10.1. The number of sulfonamides is 1. The molecule has 1 N–H and O–H groups in total. The van der Waals surface area contributed by atoms with Gasteiger partial charge in [-0.3, -0.25) is 4.90 Å². The zero-order valence-electron chi connectivity index (χ0n) is 14.7. The first-order valence-electron chi connectivity index (χ1n) is 8.62. The SMILES string of the molecule is COc1ccc(S(=O)(=O)NCc2ccccc2CN2CCCC2)cc1Br. The Morgan fingerprint density at radius 1 is 1.12 bits per heavy atom. The van der Waals surface area contributed by atoms with Gasteiger partial charge < -0.3 is 4.74 Å². The molecule has 0 aromatic heterocycles. The molecule has 2 aromatic rings. The normalized spacial score (nSPS) is 15.3. The molecule has 1 fully saturated rings. The second kappa shape index (κ2) is 8.52. The molecule has 0 atom stereocenters. The fourth-order valence-corrected chi connectivity index (χ4v) is 4.86. The number of hydrogen-bond acceptors (Lipinski definition) is 4. The Bertz CT molecular complexity index is 865. The highest BCUT2D eigenvalue weighted by Crippen LogP contribution is 2.27. The van der Waals surface area contributed by atoms with E-state index >= 15 is 0 Å². The van der Waals surface area contributed by atoms with Crippen LogP contribution < -0.4 is 9.46 Å². The Hall–Kier alpha value is -1.41. The summed E-state index contributed by atoms with van der Waals surface area (Å²) >= 11 is 3.33. The van der Waals surface area contributed by atoms with Gasteiger partial charge in [-0.1, -0.05) is 24.3 Å². The minimum absolute atomic E-state index is 0.210. The van der Waals surface area contributed by atoms with E-state index in [0.29, 0.717) is 10.2 Å². The second-order valence-corrected chi connectivity index (χ2v) is 8.99. The number of nitrogens with zero attached hydrogens (tertiary/aromatic N) is 1. The molecule has 5 nitrogen and oxygen atoms in total. The van der Waals surface area contributed by atoms with Crippen LogP contribution in [0, 0.1) is 0 Å². The lowest BCUT2D eigenvalue weighted by molar-refractivity contribution is 0.330. The molecule has 0 bridgehead atoms. The summed E-state index contributed by atoms with van der Waals surface area (Å²) in [6.07, 6.45) is 2.47. The average Bonchev–Trinajstić information content (AvgIpc) is 3.14. The van der Waals surface area contributed by atoms with Crippen LogP contribution in [0.25, 0.3) is 0 Å². The zero-order valence-corrected chi connectivity index (χ0v) is 17.1.